The van der Waals surface area contributed by atoms with Crippen molar-refractivity contribution in [3.05, 3.63) is 44.8 Å². The van der Waals surface area contributed by atoms with Crippen LogP contribution in [0, 0.1) is 23.7 Å². The van der Waals surface area contributed by atoms with E-state index in [9.17, 15) is 0 Å². The van der Waals surface area contributed by atoms with Gasteiger partial charge in [-0.1, -0.05) is 0 Å². The van der Waals surface area contributed by atoms with Crippen LogP contribution in [-0.2, 0) is 23.2 Å². The first-order valence-corrected chi connectivity index (χ1v) is 11.4. The largest absolute Gasteiger partial charge is 1.00 e. The second-order valence-corrected chi connectivity index (χ2v) is 11.2. The van der Waals surface area contributed by atoms with Crippen LogP contribution in [0.4, 0.5) is 0 Å². The average molecular weight is 429 g/mol. The van der Waals surface area contributed by atoms with Crippen molar-refractivity contribution >= 4 is 0 Å². The average Bonchev–Trinajstić information content (AvgIpc) is 3.01. The van der Waals surface area contributed by atoms with E-state index >= 15 is 0 Å². The molecule has 2 saturated carbocycles. The van der Waals surface area contributed by atoms with Crippen molar-refractivity contribution in [2.45, 2.75) is 49.6 Å². The van der Waals surface area contributed by atoms with Gasteiger partial charge in [-0.25, -0.2) is 0 Å². The molecule has 23 heavy (non-hydrogen) atoms. The summed E-state index contributed by atoms with van der Waals surface area (Å²) >= 11 is -0.432. The van der Waals surface area contributed by atoms with Gasteiger partial charge in [0.2, 0.25) is 0 Å². The molecule has 0 heterocycles. The topological polar surface area (TPSA) is 0 Å². The van der Waals surface area contributed by atoms with Gasteiger partial charge in [-0.2, -0.15) is 0 Å². The molecular weight excluding hydrogens is 402 g/mol. The molecule has 5 unspecified atom stereocenters. The van der Waals surface area contributed by atoms with Crippen molar-refractivity contribution in [1.29, 1.82) is 0 Å². The smallest absolute Gasteiger partial charge is 1.00 e. The zero-order valence-corrected chi connectivity index (χ0v) is 18.0. The van der Waals surface area contributed by atoms with E-state index in [1.807, 2.05) is 3.28 Å². The van der Waals surface area contributed by atoms with E-state index in [2.05, 4.69) is 44.2 Å². The Labute approximate surface area is 165 Å². The first-order chi connectivity index (χ1) is 10.3. The van der Waals surface area contributed by atoms with Crippen molar-refractivity contribution in [3.63, 3.8) is 0 Å². The van der Waals surface area contributed by atoms with Crippen LogP contribution >= 0.6 is 0 Å². The summed E-state index contributed by atoms with van der Waals surface area (Å²) in [7, 11) is 0. The number of hydrogen-bond acceptors (Lipinski definition) is 0. The molecule has 0 aromatic heterocycles. The third-order valence-corrected chi connectivity index (χ3v) is 11.6. The fourth-order valence-electron chi connectivity index (χ4n) is 5.20. The first-order valence-electron chi connectivity index (χ1n) is 8.74. The maximum absolute atomic E-state index is 2.58. The third kappa shape index (κ3) is 3.54. The van der Waals surface area contributed by atoms with E-state index in [-0.39, 0.29) is 24.8 Å². The van der Waals surface area contributed by atoms with Crippen molar-refractivity contribution < 1.29 is 48.0 Å². The van der Waals surface area contributed by atoms with Gasteiger partial charge >= 0.3 is 141 Å². The molecule has 0 radical (unpaired) electrons. The van der Waals surface area contributed by atoms with Crippen LogP contribution in [0.5, 0.6) is 0 Å². The molecule has 4 aliphatic carbocycles. The molecule has 3 heteroatoms. The van der Waals surface area contributed by atoms with Crippen molar-refractivity contribution in [3.8, 4) is 0 Å². The van der Waals surface area contributed by atoms with Gasteiger partial charge in [0.15, 0.2) is 0 Å². The van der Waals surface area contributed by atoms with Crippen LogP contribution in [-0.4, -0.2) is 0 Å². The summed E-state index contributed by atoms with van der Waals surface area (Å²) in [6, 6.07) is 0. The van der Waals surface area contributed by atoms with Crippen LogP contribution < -0.4 is 24.8 Å². The second kappa shape index (κ2) is 8.20. The summed E-state index contributed by atoms with van der Waals surface area (Å²) in [5, 5.41) is 0. The summed E-state index contributed by atoms with van der Waals surface area (Å²) in [4.78, 5) is 0. The molecule has 0 aliphatic heterocycles. The molecular formula is C20H26Cl2Zr. The molecule has 0 N–H and O–H groups in total. The van der Waals surface area contributed by atoms with Crippen molar-refractivity contribution in [2.75, 3.05) is 0 Å². The summed E-state index contributed by atoms with van der Waals surface area (Å²) < 4.78 is 2.99. The number of rotatable bonds is 2. The van der Waals surface area contributed by atoms with Gasteiger partial charge in [-0.15, -0.1) is 0 Å². The Bertz CT molecular complexity index is 558. The predicted molar refractivity (Wildman–Crippen MR) is 85.5 cm³/mol. The van der Waals surface area contributed by atoms with E-state index in [0.717, 1.165) is 27.3 Å². The summed E-state index contributed by atoms with van der Waals surface area (Å²) in [6.07, 6.45) is 19.6. The van der Waals surface area contributed by atoms with Gasteiger partial charge in [-0.05, 0) is 0 Å². The van der Waals surface area contributed by atoms with Crippen LogP contribution in [0.25, 0.3) is 0 Å². The van der Waals surface area contributed by atoms with Crippen LogP contribution in [0.1, 0.15) is 46.0 Å². The Morgan fingerprint density at radius 3 is 2.22 bits per heavy atom. The minimum absolute atomic E-state index is 0. The molecule has 5 atom stereocenters. The number of fused-ring (bicyclic) bond motifs is 3. The van der Waals surface area contributed by atoms with E-state index in [1.165, 1.54) is 32.1 Å². The molecule has 4 aliphatic rings. The standard InChI is InChI=1S/C13H17.C7H9.2ClH.Zr/c1-3-7-12-10(5-1)9-11-6-2-4-8-13(11)12;1-6-4-3-5-7(6)2;;;/h1,3,5,7,9-13H,2,4,6,8H2;4H,3H2,1-2H3;2*1H;/q;;;;+2/p-2. The molecule has 0 aromatic carbocycles. The zero-order chi connectivity index (χ0) is 14.4. The number of hydrogen-bond donors (Lipinski definition) is 0. The molecule has 0 amide bonds. The minimum atomic E-state index is -0.432. The summed E-state index contributed by atoms with van der Waals surface area (Å²) in [5.74, 6) is 3.87. The van der Waals surface area contributed by atoms with Gasteiger partial charge in [0.1, 0.15) is 0 Å². The van der Waals surface area contributed by atoms with Crippen molar-refractivity contribution in [2.24, 2.45) is 23.7 Å². The van der Waals surface area contributed by atoms with Gasteiger partial charge in [0.25, 0.3) is 0 Å². The van der Waals surface area contributed by atoms with Crippen molar-refractivity contribution in [1.82, 2.24) is 0 Å². The fourth-order valence-corrected chi connectivity index (χ4v) is 10.6. The Morgan fingerprint density at radius 2 is 1.57 bits per heavy atom. The fraction of sp³-hybridized carbons (Fsp3) is 0.600. The van der Waals surface area contributed by atoms with E-state index in [1.54, 1.807) is 11.1 Å². The maximum Gasteiger partial charge on any atom is -1.00 e. The monoisotopic (exact) mass is 426 g/mol. The Morgan fingerprint density at radius 1 is 0.913 bits per heavy atom. The van der Waals surface area contributed by atoms with E-state index in [0.29, 0.717) is 0 Å². The van der Waals surface area contributed by atoms with Gasteiger partial charge < -0.3 is 24.8 Å². The minimum Gasteiger partial charge on any atom is -1.00 e. The van der Waals surface area contributed by atoms with Gasteiger partial charge in [0.05, 0.1) is 0 Å². The Hall–Kier alpha value is 0.423. The third-order valence-electron chi connectivity index (χ3n) is 6.46. The zero-order valence-electron chi connectivity index (χ0n) is 14.1. The number of halogens is 2. The number of allylic oxidation sites excluding steroid dienone is 8. The predicted octanol–water partition coefficient (Wildman–Crippen LogP) is -0.332. The normalized spacial score (nSPS) is 37.3. The maximum atomic E-state index is 2.58. The molecule has 4 rings (SSSR count). The quantitative estimate of drug-likeness (QED) is 0.565. The molecule has 2 fully saturated rings. The van der Waals surface area contributed by atoms with E-state index in [4.69, 9.17) is 0 Å². The second-order valence-electron chi connectivity index (χ2n) is 7.40. The van der Waals surface area contributed by atoms with E-state index < -0.39 is 23.2 Å². The molecule has 0 aromatic rings. The first kappa shape index (κ1) is 19.7. The molecule has 0 bridgehead atoms. The molecule has 0 spiro atoms. The summed E-state index contributed by atoms with van der Waals surface area (Å²) in [6.45, 7) is 4.70. The van der Waals surface area contributed by atoms with Crippen LogP contribution in [0.2, 0.25) is 3.63 Å². The van der Waals surface area contributed by atoms with Crippen LogP contribution in [0.3, 0.4) is 0 Å². The summed E-state index contributed by atoms with van der Waals surface area (Å²) in [5.41, 5.74) is 3.24. The SMILES string of the molecule is CC1=CC[C]([Zr+2][CH]2C3C=CC=CC3C3CCCCC32)=C1C.[Cl-].[Cl-]. The molecule has 124 valence electrons. The van der Waals surface area contributed by atoms with Gasteiger partial charge in [0, 0.05) is 0 Å². The molecule has 0 nitrogen and oxygen atoms in total. The Balaban J connectivity index is 0.000000960. The Kier molecular flexibility index (Phi) is 7.04. The molecule has 0 saturated heterocycles. The van der Waals surface area contributed by atoms with Crippen LogP contribution in [0.15, 0.2) is 44.8 Å². The van der Waals surface area contributed by atoms with Gasteiger partial charge in [-0.3, -0.25) is 0 Å².